The normalized spacial score (nSPS) is 11.1. The molecular formula is C13H22N4O3. The summed E-state index contributed by atoms with van der Waals surface area (Å²) in [6.07, 6.45) is -0.620. The van der Waals surface area contributed by atoms with Gasteiger partial charge >= 0.3 is 6.09 Å². The number of rotatable bonds is 3. The van der Waals surface area contributed by atoms with Gasteiger partial charge in [0.25, 0.3) is 0 Å². The Kier molecular flexibility index (Phi) is 4.75. The maximum absolute atomic E-state index is 11.8. The van der Waals surface area contributed by atoms with Crippen LogP contribution in [0.5, 0.6) is 0 Å². The molecule has 0 fully saturated rings. The predicted molar refractivity (Wildman–Crippen MR) is 75.5 cm³/mol. The molecule has 0 aliphatic heterocycles. The minimum atomic E-state index is -0.620. The maximum atomic E-state index is 11.8. The second kappa shape index (κ2) is 5.94. The lowest BCUT2D eigenvalue weighted by Gasteiger charge is -2.19. The molecule has 0 unspecified atom stereocenters. The number of amides is 2. The third kappa shape index (κ3) is 4.56. The first-order valence-electron chi connectivity index (χ1n) is 6.37. The lowest BCUT2D eigenvalue weighted by Crippen LogP contribution is -2.37. The first-order valence-corrected chi connectivity index (χ1v) is 6.37. The Morgan fingerprint density at radius 2 is 1.90 bits per heavy atom. The van der Waals surface area contributed by atoms with Gasteiger partial charge in [0.1, 0.15) is 18.0 Å². The summed E-state index contributed by atoms with van der Waals surface area (Å²) in [4.78, 5) is 23.2. The summed E-state index contributed by atoms with van der Waals surface area (Å²) in [5.41, 5.74) is 1.16. The molecule has 0 aliphatic carbocycles. The number of hydrogen-bond donors (Lipinski definition) is 2. The Bertz CT molecular complexity index is 514. The molecule has 0 saturated carbocycles. The quantitative estimate of drug-likeness (QED) is 0.879. The maximum Gasteiger partial charge on any atom is 0.408 e. The highest BCUT2D eigenvalue weighted by atomic mass is 16.6. The SMILES string of the molecule is Cc1nn(C)c(NC(=O)CNC(=O)OC(C)(C)C)c1C. The summed E-state index contributed by atoms with van der Waals surface area (Å²) in [6, 6.07) is 0. The van der Waals surface area contributed by atoms with Crippen LogP contribution in [0.4, 0.5) is 10.6 Å². The summed E-state index contributed by atoms with van der Waals surface area (Å²) < 4.78 is 6.64. The molecule has 7 heteroatoms. The van der Waals surface area contributed by atoms with Crippen LogP contribution in [0.2, 0.25) is 0 Å². The van der Waals surface area contributed by atoms with Gasteiger partial charge in [-0.3, -0.25) is 9.48 Å². The van der Waals surface area contributed by atoms with Crippen molar-refractivity contribution >= 4 is 17.8 Å². The molecule has 1 rings (SSSR count). The summed E-state index contributed by atoms with van der Waals surface area (Å²) in [5.74, 6) is 0.292. The van der Waals surface area contributed by atoms with E-state index < -0.39 is 11.7 Å². The van der Waals surface area contributed by atoms with Crippen molar-refractivity contribution in [1.82, 2.24) is 15.1 Å². The van der Waals surface area contributed by atoms with E-state index in [9.17, 15) is 9.59 Å². The highest BCUT2D eigenvalue weighted by Crippen LogP contribution is 2.16. The van der Waals surface area contributed by atoms with Gasteiger partial charge in [0.2, 0.25) is 5.91 Å². The number of aromatic nitrogens is 2. The van der Waals surface area contributed by atoms with Gasteiger partial charge in [0.05, 0.1) is 5.69 Å². The molecule has 112 valence electrons. The molecule has 7 nitrogen and oxygen atoms in total. The molecule has 2 amide bonds. The third-order valence-corrected chi connectivity index (χ3v) is 2.57. The number of anilines is 1. The molecule has 1 aromatic heterocycles. The van der Waals surface area contributed by atoms with Crippen molar-refractivity contribution in [2.75, 3.05) is 11.9 Å². The van der Waals surface area contributed by atoms with Gasteiger partial charge in [-0.15, -0.1) is 0 Å². The zero-order chi connectivity index (χ0) is 15.5. The fraction of sp³-hybridized carbons (Fsp3) is 0.615. The highest BCUT2D eigenvalue weighted by molar-refractivity contribution is 5.93. The molecule has 0 radical (unpaired) electrons. The zero-order valence-electron chi connectivity index (χ0n) is 12.8. The van der Waals surface area contributed by atoms with E-state index in [2.05, 4.69) is 15.7 Å². The number of hydrogen-bond acceptors (Lipinski definition) is 4. The number of nitrogens with one attached hydrogen (secondary N) is 2. The molecular weight excluding hydrogens is 260 g/mol. The highest BCUT2D eigenvalue weighted by Gasteiger charge is 2.17. The van der Waals surface area contributed by atoms with E-state index in [1.165, 1.54) is 0 Å². The average molecular weight is 282 g/mol. The molecule has 0 aromatic carbocycles. The van der Waals surface area contributed by atoms with Gasteiger partial charge in [-0.05, 0) is 34.6 Å². The third-order valence-electron chi connectivity index (χ3n) is 2.57. The van der Waals surface area contributed by atoms with Crippen LogP contribution in [-0.4, -0.2) is 33.9 Å². The van der Waals surface area contributed by atoms with Crippen molar-refractivity contribution in [3.63, 3.8) is 0 Å². The first kappa shape index (κ1) is 16.0. The van der Waals surface area contributed by atoms with Crippen molar-refractivity contribution in [1.29, 1.82) is 0 Å². The Hall–Kier alpha value is -2.05. The van der Waals surface area contributed by atoms with Crippen LogP contribution in [0.1, 0.15) is 32.0 Å². The Labute approximate surface area is 118 Å². The summed E-state index contributed by atoms with van der Waals surface area (Å²) in [6.45, 7) is 8.86. The van der Waals surface area contributed by atoms with Gasteiger partial charge in [-0.2, -0.15) is 5.10 Å². The van der Waals surface area contributed by atoms with E-state index in [4.69, 9.17) is 4.74 Å². The van der Waals surface area contributed by atoms with Crippen molar-refractivity contribution in [3.05, 3.63) is 11.3 Å². The molecule has 2 N–H and O–H groups in total. The van der Waals surface area contributed by atoms with Crippen LogP contribution in [0.25, 0.3) is 0 Å². The lowest BCUT2D eigenvalue weighted by atomic mass is 10.2. The minimum absolute atomic E-state index is 0.154. The second-order valence-electron chi connectivity index (χ2n) is 5.59. The molecule has 0 saturated heterocycles. The summed E-state index contributed by atoms with van der Waals surface area (Å²) in [7, 11) is 1.75. The van der Waals surface area contributed by atoms with Gasteiger partial charge in [0, 0.05) is 12.6 Å². The first-order chi connectivity index (χ1) is 9.10. The molecule has 0 spiro atoms. The van der Waals surface area contributed by atoms with E-state index in [-0.39, 0.29) is 12.5 Å². The number of ether oxygens (including phenoxy) is 1. The monoisotopic (exact) mass is 282 g/mol. The van der Waals surface area contributed by atoms with Crippen LogP contribution >= 0.6 is 0 Å². The van der Waals surface area contributed by atoms with E-state index in [1.54, 1.807) is 32.5 Å². The Morgan fingerprint density at radius 3 is 2.35 bits per heavy atom. The molecule has 1 aromatic rings. The number of alkyl carbamates (subject to hydrolysis) is 1. The van der Waals surface area contributed by atoms with Crippen LogP contribution < -0.4 is 10.6 Å². The summed E-state index contributed by atoms with van der Waals surface area (Å²) in [5, 5.41) is 9.31. The fourth-order valence-electron chi connectivity index (χ4n) is 1.58. The van der Waals surface area contributed by atoms with Crippen LogP contribution in [0, 0.1) is 13.8 Å². The standard InChI is InChI=1S/C13H22N4O3/c1-8-9(2)16-17(6)11(8)15-10(18)7-14-12(19)20-13(3,4)5/h7H2,1-6H3,(H,14,19)(H,15,18). The topological polar surface area (TPSA) is 85.3 Å². The van der Waals surface area contributed by atoms with E-state index in [0.717, 1.165) is 11.3 Å². The molecule has 20 heavy (non-hydrogen) atoms. The molecule has 0 aliphatic rings. The van der Waals surface area contributed by atoms with E-state index in [0.29, 0.717) is 5.82 Å². The van der Waals surface area contributed by atoms with E-state index in [1.807, 2.05) is 13.8 Å². The van der Waals surface area contributed by atoms with Gasteiger partial charge in [-0.1, -0.05) is 0 Å². The number of carbonyl (C=O) groups excluding carboxylic acids is 2. The van der Waals surface area contributed by atoms with Crippen molar-refractivity contribution in [2.45, 2.75) is 40.2 Å². The van der Waals surface area contributed by atoms with E-state index >= 15 is 0 Å². The average Bonchev–Trinajstić information content (AvgIpc) is 2.51. The zero-order valence-corrected chi connectivity index (χ0v) is 12.8. The second-order valence-corrected chi connectivity index (χ2v) is 5.59. The fourth-order valence-corrected chi connectivity index (χ4v) is 1.58. The number of aryl methyl sites for hydroxylation is 2. The minimum Gasteiger partial charge on any atom is -0.444 e. The Balaban J connectivity index is 2.51. The Morgan fingerprint density at radius 1 is 1.30 bits per heavy atom. The molecule has 0 bridgehead atoms. The van der Waals surface area contributed by atoms with Crippen molar-refractivity contribution < 1.29 is 14.3 Å². The molecule has 0 atom stereocenters. The largest absolute Gasteiger partial charge is 0.444 e. The van der Waals surface area contributed by atoms with Crippen molar-refractivity contribution in [2.24, 2.45) is 7.05 Å². The number of carbonyl (C=O) groups is 2. The summed E-state index contributed by atoms with van der Waals surface area (Å²) >= 11 is 0. The van der Waals surface area contributed by atoms with Gasteiger partial charge in [0.15, 0.2) is 0 Å². The predicted octanol–water partition coefficient (Wildman–Crippen LogP) is 1.50. The van der Waals surface area contributed by atoms with Crippen molar-refractivity contribution in [3.8, 4) is 0 Å². The molecule has 1 heterocycles. The van der Waals surface area contributed by atoms with Crippen LogP contribution in [0.3, 0.4) is 0 Å². The lowest BCUT2D eigenvalue weighted by molar-refractivity contribution is -0.115. The van der Waals surface area contributed by atoms with Gasteiger partial charge < -0.3 is 15.4 Å². The number of nitrogens with zero attached hydrogens (tertiary/aromatic N) is 2. The van der Waals surface area contributed by atoms with Gasteiger partial charge in [-0.25, -0.2) is 4.79 Å². The van der Waals surface area contributed by atoms with Crippen LogP contribution in [-0.2, 0) is 16.6 Å². The smallest absolute Gasteiger partial charge is 0.408 e. The van der Waals surface area contributed by atoms with Crippen LogP contribution in [0.15, 0.2) is 0 Å².